The van der Waals surface area contributed by atoms with Crippen molar-refractivity contribution in [3.63, 3.8) is 0 Å². The summed E-state index contributed by atoms with van der Waals surface area (Å²) in [5.41, 5.74) is 5.73. The molecule has 0 radical (unpaired) electrons. The molecular formula is C13H23N5O. The van der Waals surface area contributed by atoms with Gasteiger partial charge in [0.2, 0.25) is 5.91 Å². The summed E-state index contributed by atoms with van der Waals surface area (Å²) in [4.78, 5) is 20.2. The van der Waals surface area contributed by atoms with Crippen molar-refractivity contribution in [1.29, 1.82) is 0 Å². The largest absolute Gasteiger partial charge is 0.384 e. The molecule has 0 aliphatic carbocycles. The Kier molecular flexibility index (Phi) is 6.05. The molecular weight excluding hydrogens is 242 g/mol. The Balaban J connectivity index is 2.67. The molecule has 1 amide bonds. The average Bonchev–Trinajstić information content (AvgIpc) is 2.35. The number of carbonyl (C=O) groups excluding carboxylic acids is 1. The third kappa shape index (κ3) is 5.11. The number of anilines is 2. The van der Waals surface area contributed by atoms with E-state index in [1.807, 2.05) is 6.92 Å². The van der Waals surface area contributed by atoms with E-state index in [9.17, 15) is 4.79 Å². The number of nitrogens with one attached hydrogen (secondary N) is 2. The fourth-order valence-corrected chi connectivity index (χ4v) is 1.62. The van der Waals surface area contributed by atoms with E-state index < -0.39 is 0 Å². The molecule has 19 heavy (non-hydrogen) atoms. The molecule has 0 saturated carbocycles. The summed E-state index contributed by atoms with van der Waals surface area (Å²) >= 11 is 0. The first-order valence-electron chi connectivity index (χ1n) is 6.74. The SMILES string of the molecule is CCCNC(=O)C(C)Nc1cc(N)nc(CCC)n1. The van der Waals surface area contributed by atoms with Gasteiger partial charge in [0.25, 0.3) is 0 Å². The monoisotopic (exact) mass is 265 g/mol. The molecule has 1 aromatic heterocycles. The van der Waals surface area contributed by atoms with Gasteiger partial charge in [-0.15, -0.1) is 0 Å². The van der Waals surface area contributed by atoms with Gasteiger partial charge in [-0.2, -0.15) is 0 Å². The molecule has 0 fully saturated rings. The Morgan fingerprint density at radius 2 is 2.11 bits per heavy atom. The Morgan fingerprint density at radius 1 is 1.37 bits per heavy atom. The van der Waals surface area contributed by atoms with Crippen molar-refractivity contribution >= 4 is 17.5 Å². The lowest BCUT2D eigenvalue weighted by atomic mass is 10.3. The van der Waals surface area contributed by atoms with Crippen LogP contribution in [0, 0.1) is 0 Å². The van der Waals surface area contributed by atoms with Crippen LogP contribution >= 0.6 is 0 Å². The molecule has 1 rings (SSSR count). The highest BCUT2D eigenvalue weighted by molar-refractivity contribution is 5.83. The molecule has 1 aromatic rings. The molecule has 106 valence electrons. The summed E-state index contributed by atoms with van der Waals surface area (Å²) in [6.45, 7) is 6.54. The molecule has 1 atom stereocenters. The lowest BCUT2D eigenvalue weighted by Gasteiger charge is -2.15. The van der Waals surface area contributed by atoms with Gasteiger partial charge < -0.3 is 16.4 Å². The molecule has 4 N–H and O–H groups in total. The highest BCUT2D eigenvalue weighted by atomic mass is 16.2. The van der Waals surface area contributed by atoms with E-state index in [1.54, 1.807) is 13.0 Å². The molecule has 0 aliphatic rings. The van der Waals surface area contributed by atoms with Gasteiger partial charge >= 0.3 is 0 Å². The Bertz CT molecular complexity index is 421. The van der Waals surface area contributed by atoms with E-state index in [1.165, 1.54) is 0 Å². The molecule has 0 aromatic carbocycles. The van der Waals surface area contributed by atoms with Crippen LogP contribution in [0.5, 0.6) is 0 Å². The van der Waals surface area contributed by atoms with Crippen LogP contribution in [-0.2, 0) is 11.2 Å². The van der Waals surface area contributed by atoms with Crippen molar-refractivity contribution < 1.29 is 4.79 Å². The normalized spacial score (nSPS) is 11.9. The zero-order valence-electron chi connectivity index (χ0n) is 11.9. The van der Waals surface area contributed by atoms with Crippen LogP contribution in [0.4, 0.5) is 11.6 Å². The molecule has 6 heteroatoms. The first-order chi connectivity index (χ1) is 9.06. The zero-order valence-corrected chi connectivity index (χ0v) is 11.9. The predicted molar refractivity (Wildman–Crippen MR) is 76.8 cm³/mol. The maximum absolute atomic E-state index is 11.8. The van der Waals surface area contributed by atoms with E-state index in [0.29, 0.717) is 24.0 Å². The van der Waals surface area contributed by atoms with Crippen LogP contribution < -0.4 is 16.4 Å². The Morgan fingerprint density at radius 3 is 2.74 bits per heavy atom. The molecule has 1 unspecified atom stereocenters. The van der Waals surface area contributed by atoms with Crippen molar-refractivity contribution in [1.82, 2.24) is 15.3 Å². The topological polar surface area (TPSA) is 92.9 Å². The number of aromatic nitrogens is 2. The molecule has 0 bridgehead atoms. The molecule has 0 aliphatic heterocycles. The maximum Gasteiger partial charge on any atom is 0.242 e. The summed E-state index contributed by atoms with van der Waals surface area (Å²) in [6.07, 6.45) is 2.64. The standard InChI is InChI=1S/C13H23N5O/c1-4-6-11-17-10(14)8-12(18-11)16-9(3)13(19)15-7-5-2/h8-9H,4-7H2,1-3H3,(H,15,19)(H3,14,16,17,18). The van der Waals surface area contributed by atoms with Crippen molar-refractivity contribution in [3.05, 3.63) is 11.9 Å². The van der Waals surface area contributed by atoms with Crippen LogP contribution in [0.2, 0.25) is 0 Å². The summed E-state index contributed by atoms with van der Waals surface area (Å²) in [6, 6.07) is 1.29. The van der Waals surface area contributed by atoms with Crippen molar-refractivity contribution in [2.24, 2.45) is 0 Å². The van der Waals surface area contributed by atoms with Crippen LogP contribution in [0.3, 0.4) is 0 Å². The van der Waals surface area contributed by atoms with Gasteiger partial charge in [0, 0.05) is 19.0 Å². The number of hydrogen-bond acceptors (Lipinski definition) is 5. The van der Waals surface area contributed by atoms with Gasteiger partial charge in [-0.05, 0) is 19.8 Å². The second kappa shape index (κ2) is 7.56. The number of hydrogen-bond donors (Lipinski definition) is 3. The summed E-state index contributed by atoms with van der Waals surface area (Å²) < 4.78 is 0. The van der Waals surface area contributed by atoms with Gasteiger partial charge in [-0.25, -0.2) is 9.97 Å². The lowest BCUT2D eigenvalue weighted by Crippen LogP contribution is -2.38. The molecule has 0 saturated heterocycles. The third-order valence-electron chi connectivity index (χ3n) is 2.57. The van der Waals surface area contributed by atoms with Crippen molar-refractivity contribution in [3.8, 4) is 0 Å². The highest BCUT2D eigenvalue weighted by Gasteiger charge is 2.13. The maximum atomic E-state index is 11.8. The summed E-state index contributed by atoms with van der Waals surface area (Å²) in [7, 11) is 0. The fourth-order valence-electron chi connectivity index (χ4n) is 1.62. The Labute approximate surface area is 114 Å². The van der Waals surface area contributed by atoms with Crippen molar-refractivity contribution in [2.75, 3.05) is 17.6 Å². The molecule has 6 nitrogen and oxygen atoms in total. The second-order valence-corrected chi connectivity index (χ2v) is 4.50. The van der Waals surface area contributed by atoms with E-state index in [0.717, 1.165) is 19.3 Å². The van der Waals surface area contributed by atoms with E-state index >= 15 is 0 Å². The van der Waals surface area contributed by atoms with Gasteiger partial charge in [-0.3, -0.25) is 4.79 Å². The van der Waals surface area contributed by atoms with E-state index in [4.69, 9.17) is 5.73 Å². The predicted octanol–water partition coefficient (Wildman–Crippen LogP) is 1.34. The summed E-state index contributed by atoms with van der Waals surface area (Å²) in [5, 5.41) is 5.88. The smallest absolute Gasteiger partial charge is 0.242 e. The van der Waals surface area contributed by atoms with Crippen LogP contribution in [-0.4, -0.2) is 28.5 Å². The van der Waals surface area contributed by atoms with E-state index in [-0.39, 0.29) is 11.9 Å². The van der Waals surface area contributed by atoms with Crippen LogP contribution in [0.15, 0.2) is 6.07 Å². The number of nitrogens with zero attached hydrogens (tertiary/aromatic N) is 2. The number of rotatable bonds is 7. The average molecular weight is 265 g/mol. The van der Waals surface area contributed by atoms with E-state index in [2.05, 4.69) is 27.5 Å². The number of nitrogens with two attached hydrogens (primary N) is 1. The lowest BCUT2D eigenvalue weighted by molar-refractivity contribution is -0.121. The number of carbonyl (C=O) groups is 1. The van der Waals surface area contributed by atoms with Gasteiger partial charge in [0.1, 0.15) is 23.5 Å². The highest BCUT2D eigenvalue weighted by Crippen LogP contribution is 2.10. The number of aryl methyl sites for hydroxylation is 1. The second-order valence-electron chi connectivity index (χ2n) is 4.50. The quantitative estimate of drug-likeness (QED) is 0.691. The number of amides is 1. The molecule has 1 heterocycles. The van der Waals surface area contributed by atoms with Gasteiger partial charge in [0.15, 0.2) is 0 Å². The summed E-state index contributed by atoms with van der Waals surface area (Å²) in [5.74, 6) is 1.67. The first kappa shape index (κ1) is 15.2. The molecule has 0 spiro atoms. The zero-order chi connectivity index (χ0) is 14.3. The fraction of sp³-hybridized carbons (Fsp3) is 0.615. The minimum absolute atomic E-state index is 0.0453. The Hall–Kier alpha value is -1.85. The van der Waals surface area contributed by atoms with Crippen LogP contribution in [0.25, 0.3) is 0 Å². The number of nitrogen functional groups attached to an aromatic ring is 1. The van der Waals surface area contributed by atoms with Gasteiger partial charge in [0.05, 0.1) is 0 Å². The minimum atomic E-state index is -0.352. The minimum Gasteiger partial charge on any atom is -0.384 e. The van der Waals surface area contributed by atoms with Crippen LogP contribution in [0.1, 0.15) is 39.4 Å². The van der Waals surface area contributed by atoms with Gasteiger partial charge in [-0.1, -0.05) is 13.8 Å². The first-order valence-corrected chi connectivity index (χ1v) is 6.74. The van der Waals surface area contributed by atoms with Crippen molar-refractivity contribution in [2.45, 2.75) is 46.1 Å². The third-order valence-corrected chi connectivity index (χ3v) is 2.57.